The van der Waals surface area contributed by atoms with Gasteiger partial charge in [0.05, 0.1) is 11.5 Å². The summed E-state index contributed by atoms with van der Waals surface area (Å²) in [6.45, 7) is 0. The second kappa shape index (κ2) is 5.31. The minimum absolute atomic E-state index is 0.0337. The molecule has 0 aliphatic heterocycles. The lowest BCUT2D eigenvalue weighted by Crippen LogP contribution is -2.40. The zero-order valence-corrected chi connectivity index (χ0v) is 10.7. The summed E-state index contributed by atoms with van der Waals surface area (Å²) in [5.41, 5.74) is -1.22. The van der Waals surface area contributed by atoms with E-state index in [1.165, 1.54) is 6.07 Å². The van der Waals surface area contributed by atoms with Crippen LogP contribution in [0.25, 0.3) is 0 Å². The summed E-state index contributed by atoms with van der Waals surface area (Å²) in [7, 11) is 0. The highest BCUT2D eigenvalue weighted by Crippen LogP contribution is 2.42. The zero-order chi connectivity index (χ0) is 15.0. The number of hydrogen-bond donors (Lipinski definition) is 1. The van der Waals surface area contributed by atoms with Crippen LogP contribution in [0.15, 0.2) is 18.2 Å². The Kier molecular flexibility index (Phi) is 4.04. The number of benzene rings is 1. The fourth-order valence-electron chi connectivity index (χ4n) is 2.68. The molecule has 0 radical (unpaired) electrons. The van der Waals surface area contributed by atoms with E-state index in [0.717, 1.165) is 6.07 Å². The van der Waals surface area contributed by atoms with Gasteiger partial charge < -0.3 is 5.11 Å². The summed E-state index contributed by atoms with van der Waals surface area (Å²) in [6, 6.07) is 3.00. The highest BCUT2D eigenvalue weighted by molar-refractivity contribution is 5.20. The third-order valence-electron chi connectivity index (χ3n) is 3.91. The molecule has 1 aromatic rings. The molecule has 1 nitrogen and oxygen atoms in total. The second-order valence-electron chi connectivity index (χ2n) is 5.45. The van der Waals surface area contributed by atoms with E-state index in [4.69, 9.17) is 0 Å². The van der Waals surface area contributed by atoms with Crippen LogP contribution < -0.4 is 0 Å². The maximum Gasteiger partial charge on any atom is 0.391 e. The van der Waals surface area contributed by atoms with Gasteiger partial charge >= 0.3 is 6.18 Å². The van der Waals surface area contributed by atoms with Gasteiger partial charge in [0.2, 0.25) is 0 Å². The first-order chi connectivity index (χ1) is 9.20. The quantitative estimate of drug-likeness (QED) is 0.818. The van der Waals surface area contributed by atoms with Gasteiger partial charge in [-0.2, -0.15) is 13.2 Å². The molecule has 0 amide bonds. The highest BCUT2D eigenvalue weighted by atomic mass is 19.4. The van der Waals surface area contributed by atoms with E-state index in [9.17, 15) is 27.1 Å². The van der Waals surface area contributed by atoms with Gasteiger partial charge in [-0.05, 0) is 37.3 Å². The first-order valence-corrected chi connectivity index (χ1v) is 6.43. The molecule has 0 spiro atoms. The summed E-state index contributed by atoms with van der Waals surface area (Å²) >= 11 is 0. The van der Waals surface area contributed by atoms with Gasteiger partial charge in [-0.25, -0.2) is 8.78 Å². The van der Waals surface area contributed by atoms with Crippen molar-refractivity contribution in [2.75, 3.05) is 0 Å². The van der Waals surface area contributed by atoms with Gasteiger partial charge in [-0.15, -0.1) is 0 Å². The Hall–Kier alpha value is -1.17. The van der Waals surface area contributed by atoms with Gasteiger partial charge in [0.1, 0.15) is 11.6 Å². The molecule has 0 unspecified atom stereocenters. The van der Waals surface area contributed by atoms with Crippen molar-refractivity contribution in [3.8, 4) is 0 Å². The Morgan fingerprint density at radius 3 is 2.25 bits per heavy atom. The normalized spacial score (nSPS) is 27.6. The van der Waals surface area contributed by atoms with Crippen LogP contribution in [0.2, 0.25) is 0 Å². The second-order valence-corrected chi connectivity index (χ2v) is 5.45. The lowest BCUT2D eigenvalue weighted by Gasteiger charge is -2.36. The molecule has 1 N–H and O–H groups in total. The van der Waals surface area contributed by atoms with Crippen LogP contribution in [0.3, 0.4) is 0 Å². The fraction of sp³-hybridized carbons (Fsp3) is 0.571. The first-order valence-electron chi connectivity index (χ1n) is 6.43. The molecular formula is C14H15F5O. The van der Waals surface area contributed by atoms with Crippen molar-refractivity contribution >= 4 is 0 Å². The largest absolute Gasteiger partial charge is 0.391 e. The van der Waals surface area contributed by atoms with Crippen molar-refractivity contribution < 1.29 is 27.1 Å². The lowest BCUT2D eigenvalue weighted by molar-refractivity contribution is -0.192. The number of aliphatic hydroxyl groups is 1. The van der Waals surface area contributed by atoms with E-state index in [0.29, 0.717) is 6.07 Å². The summed E-state index contributed by atoms with van der Waals surface area (Å²) in [4.78, 5) is 0. The predicted molar refractivity (Wildman–Crippen MR) is 63.0 cm³/mol. The Bertz CT molecular complexity index is 475. The van der Waals surface area contributed by atoms with E-state index in [-0.39, 0.29) is 37.7 Å². The molecule has 0 atom stereocenters. The molecule has 0 aromatic heterocycles. The number of rotatable bonds is 2. The molecule has 0 heterocycles. The van der Waals surface area contributed by atoms with E-state index >= 15 is 0 Å². The number of hydrogen-bond acceptors (Lipinski definition) is 1. The van der Waals surface area contributed by atoms with Crippen LogP contribution in [0, 0.1) is 17.6 Å². The molecule has 20 heavy (non-hydrogen) atoms. The Morgan fingerprint density at radius 2 is 1.75 bits per heavy atom. The van der Waals surface area contributed by atoms with Crippen LogP contribution in [0.5, 0.6) is 0 Å². The fourth-order valence-corrected chi connectivity index (χ4v) is 2.68. The molecule has 0 saturated heterocycles. The van der Waals surface area contributed by atoms with Crippen molar-refractivity contribution in [3.05, 3.63) is 35.4 Å². The van der Waals surface area contributed by atoms with Crippen LogP contribution in [-0.4, -0.2) is 16.9 Å². The van der Waals surface area contributed by atoms with E-state index in [2.05, 4.69) is 0 Å². The molecule has 6 heteroatoms. The average Bonchev–Trinajstić information content (AvgIpc) is 2.32. The van der Waals surface area contributed by atoms with E-state index in [1.807, 2.05) is 0 Å². The SMILES string of the molecule is OC1(Cc2ccc(F)cc2F)CCC(C(F)(F)F)CC1. The molecule has 1 aliphatic rings. The third-order valence-corrected chi connectivity index (χ3v) is 3.91. The number of halogens is 5. The van der Waals surface area contributed by atoms with E-state index in [1.54, 1.807) is 0 Å². The van der Waals surface area contributed by atoms with Crippen LogP contribution in [0.1, 0.15) is 31.2 Å². The summed E-state index contributed by atoms with van der Waals surface area (Å²) in [5, 5.41) is 10.3. The molecule has 112 valence electrons. The smallest absolute Gasteiger partial charge is 0.390 e. The molecule has 1 aromatic carbocycles. The topological polar surface area (TPSA) is 20.2 Å². The van der Waals surface area contributed by atoms with Gasteiger partial charge in [0.25, 0.3) is 0 Å². The van der Waals surface area contributed by atoms with E-state index < -0.39 is 29.3 Å². The Labute approximate surface area is 113 Å². The summed E-state index contributed by atoms with van der Waals surface area (Å²) < 4.78 is 63.9. The van der Waals surface area contributed by atoms with Crippen molar-refractivity contribution in [1.82, 2.24) is 0 Å². The van der Waals surface area contributed by atoms with Crippen molar-refractivity contribution in [2.24, 2.45) is 5.92 Å². The average molecular weight is 294 g/mol. The Morgan fingerprint density at radius 1 is 1.15 bits per heavy atom. The summed E-state index contributed by atoms with van der Waals surface area (Å²) in [5.74, 6) is -2.91. The molecule has 1 aliphatic carbocycles. The molecule has 2 rings (SSSR count). The van der Waals surface area contributed by atoms with Gasteiger partial charge in [0, 0.05) is 12.5 Å². The monoisotopic (exact) mass is 294 g/mol. The standard InChI is InChI=1S/C14H15F5O/c15-11-2-1-9(12(16)7-11)8-13(20)5-3-10(4-6-13)14(17,18)19/h1-2,7,10,20H,3-6,8H2. The predicted octanol–water partition coefficient (Wildman–Crippen LogP) is 3.99. The minimum atomic E-state index is -4.25. The van der Waals surface area contributed by atoms with Gasteiger partial charge in [0.15, 0.2) is 0 Å². The highest BCUT2D eigenvalue weighted by Gasteiger charge is 2.45. The Balaban J connectivity index is 2.03. The van der Waals surface area contributed by atoms with Gasteiger partial charge in [-0.1, -0.05) is 6.07 Å². The third kappa shape index (κ3) is 3.48. The molecular weight excluding hydrogens is 279 g/mol. The molecule has 1 fully saturated rings. The maximum absolute atomic E-state index is 13.5. The van der Waals surface area contributed by atoms with Crippen LogP contribution in [-0.2, 0) is 6.42 Å². The minimum Gasteiger partial charge on any atom is -0.390 e. The van der Waals surface area contributed by atoms with Crippen molar-refractivity contribution in [1.29, 1.82) is 0 Å². The maximum atomic E-state index is 13.5. The lowest BCUT2D eigenvalue weighted by atomic mass is 9.75. The van der Waals surface area contributed by atoms with Crippen LogP contribution in [0.4, 0.5) is 22.0 Å². The molecule has 0 bridgehead atoms. The zero-order valence-electron chi connectivity index (χ0n) is 10.7. The summed E-state index contributed by atoms with van der Waals surface area (Å²) in [6.07, 6.45) is -4.74. The van der Waals surface area contributed by atoms with Gasteiger partial charge in [-0.3, -0.25) is 0 Å². The molecule has 1 saturated carbocycles. The van der Waals surface area contributed by atoms with Crippen molar-refractivity contribution in [3.63, 3.8) is 0 Å². The first kappa shape index (κ1) is 15.2. The van der Waals surface area contributed by atoms with Crippen molar-refractivity contribution in [2.45, 2.75) is 43.9 Å². The number of alkyl halides is 3. The van der Waals surface area contributed by atoms with Crippen LogP contribution >= 0.6 is 0 Å².